The summed E-state index contributed by atoms with van der Waals surface area (Å²) in [6.07, 6.45) is 4.62. The zero-order valence-electron chi connectivity index (χ0n) is 10.8. The fourth-order valence-corrected chi connectivity index (χ4v) is 2.07. The van der Waals surface area contributed by atoms with Gasteiger partial charge in [-0.05, 0) is 37.4 Å². The molecule has 17 heavy (non-hydrogen) atoms. The molecule has 0 aliphatic carbocycles. The van der Waals surface area contributed by atoms with Gasteiger partial charge in [0.15, 0.2) is 0 Å². The zero-order valence-corrected chi connectivity index (χ0v) is 11.6. The van der Waals surface area contributed by atoms with Crippen molar-refractivity contribution < 1.29 is 4.79 Å². The van der Waals surface area contributed by atoms with E-state index in [1.54, 1.807) is 11.9 Å². The normalized spacial score (nSPS) is 10.3. The lowest BCUT2D eigenvalue weighted by molar-refractivity contribution is 0.225. The second kappa shape index (κ2) is 7.27. The van der Waals surface area contributed by atoms with Crippen molar-refractivity contribution in [2.45, 2.75) is 39.5 Å². The van der Waals surface area contributed by atoms with E-state index in [9.17, 15) is 4.79 Å². The number of aryl methyl sites for hydroxylation is 1. The molecule has 0 atom stereocenters. The molecule has 0 aliphatic rings. The van der Waals surface area contributed by atoms with Crippen LogP contribution in [0.5, 0.6) is 0 Å². The minimum atomic E-state index is -0.0729. The topological polar surface area (TPSA) is 45.2 Å². The van der Waals surface area contributed by atoms with Crippen molar-refractivity contribution in [1.29, 1.82) is 0 Å². The number of nitrogens with zero attached hydrogens (tertiary/aromatic N) is 2. The summed E-state index contributed by atoms with van der Waals surface area (Å²) in [6, 6.07) is 1.90. The van der Waals surface area contributed by atoms with Crippen molar-refractivity contribution in [3.8, 4) is 0 Å². The quantitative estimate of drug-likeness (QED) is 0.792. The van der Waals surface area contributed by atoms with E-state index in [1.165, 1.54) is 30.8 Å². The van der Waals surface area contributed by atoms with E-state index >= 15 is 0 Å². The molecule has 1 aromatic heterocycles. The van der Waals surface area contributed by atoms with E-state index in [1.807, 2.05) is 13.0 Å². The fraction of sp³-hybridized carbons (Fsp3) is 0.667. The minimum absolute atomic E-state index is 0.0729. The number of urea groups is 1. The number of amides is 2. The van der Waals surface area contributed by atoms with Gasteiger partial charge in [-0.25, -0.2) is 4.79 Å². The summed E-state index contributed by atoms with van der Waals surface area (Å²) in [4.78, 5) is 13.2. The van der Waals surface area contributed by atoms with E-state index in [-0.39, 0.29) is 6.03 Å². The molecule has 0 fully saturated rings. The van der Waals surface area contributed by atoms with Gasteiger partial charge in [-0.2, -0.15) is 4.37 Å². The first-order valence-corrected chi connectivity index (χ1v) is 6.92. The molecule has 0 saturated heterocycles. The van der Waals surface area contributed by atoms with Crippen LogP contribution in [0.15, 0.2) is 6.07 Å². The monoisotopic (exact) mass is 255 g/mol. The first kappa shape index (κ1) is 14.0. The first-order valence-electron chi connectivity index (χ1n) is 6.15. The SMILES string of the molecule is CCCCCc1cc(NC(=O)N(C)CC)sn1. The number of carbonyl (C=O) groups excluding carboxylic acids is 1. The summed E-state index contributed by atoms with van der Waals surface area (Å²) in [5, 5.41) is 3.68. The number of hydrogen-bond acceptors (Lipinski definition) is 3. The van der Waals surface area contributed by atoms with Gasteiger partial charge >= 0.3 is 6.03 Å². The van der Waals surface area contributed by atoms with Crippen LogP contribution in [0.25, 0.3) is 0 Å². The Labute approximate surface area is 107 Å². The highest BCUT2D eigenvalue weighted by molar-refractivity contribution is 7.10. The average molecular weight is 255 g/mol. The van der Waals surface area contributed by atoms with Crippen LogP contribution in [0.1, 0.15) is 38.8 Å². The molecule has 0 spiro atoms. The van der Waals surface area contributed by atoms with Gasteiger partial charge in [0.1, 0.15) is 5.00 Å². The van der Waals surface area contributed by atoms with Crippen LogP contribution in [0.4, 0.5) is 9.80 Å². The average Bonchev–Trinajstić information content (AvgIpc) is 2.76. The van der Waals surface area contributed by atoms with Gasteiger partial charge in [-0.15, -0.1) is 0 Å². The Morgan fingerprint density at radius 1 is 1.47 bits per heavy atom. The summed E-state index contributed by atoms with van der Waals surface area (Å²) in [5.41, 5.74) is 1.08. The number of aromatic nitrogens is 1. The lowest BCUT2D eigenvalue weighted by atomic mass is 10.2. The lowest BCUT2D eigenvalue weighted by Crippen LogP contribution is -2.30. The predicted octanol–water partition coefficient (Wildman–Crippen LogP) is 3.36. The van der Waals surface area contributed by atoms with Gasteiger partial charge in [-0.3, -0.25) is 5.32 Å². The number of nitrogens with one attached hydrogen (secondary N) is 1. The molecule has 1 rings (SSSR count). The molecule has 1 aromatic rings. The Hall–Kier alpha value is -1.10. The standard InChI is InChI=1S/C12H21N3OS/c1-4-6-7-8-10-9-11(17-14-10)13-12(16)15(3)5-2/h9H,4-8H2,1-3H3,(H,13,16). The van der Waals surface area contributed by atoms with Gasteiger partial charge in [-0.1, -0.05) is 19.8 Å². The van der Waals surface area contributed by atoms with Crippen molar-refractivity contribution in [1.82, 2.24) is 9.27 Å². The molecule has 96 valence electrons. The largest absolute Gasteiger partial charge is 0.328 e. The number of hydrogen-bond donors (Lipinski definition) is 1. The molecule has 0 bridgehead atoms. The molecule has 0 unspecified atom stereocenters. The highest BCUT2D eigenvalue weighted by Gasteiger charge is 2.08. The molecular formula is C12H21N3OS. The molecule has 1 heterocycles. The summed E-state index contributed by atoms with van der Waals surface area (Å²) in [5.74, 6) is 0. The minimum Gasteiger partial charge on any atom is -0.328 e. The summed E-state index contributed by atoms with van der Waals surface area (Å²) < 4.78 is 4.33. The van der Waals surface area contributed by atoms with E-state index in [0.717, 1.165) is 17.1 Å². The molecular weight excluding hydrogens is 234 g/mol. The Kier molecular flexibility index (Phi) is 5.97. The van der Waals surface area contributed by atoms with Crippen molar-refractivity contribution in [3.05, 3.63) is 11.8 Å². The fourth-order valence-electron chi connectivity index (χ4n) is 1.39. The highest BCUT2D eigenvalue weighted by atomic mass is 32.1. The Bertz CT molecular complexity index is 351. The Morgan fingerprint density at radius 3 is 2.88 bits per heavy atom. The van der Waals surface area contributed by atoms with Crippen molar-refractivity contribution in [2.24, 2.45) is 0 Å². The molecule has 0 aliphatic heterocycles. The van der Waals surface area contributed by atoms with E-state index in [2.05, 4.69) is 16.6 Å². The van der Waals surface area contributed by atoms with Crippen LogP contribution in [0.2, 0.25) is 0 Å². The van der Waals surface area contributed by atoms with E-state index in [0.29, 0.717) is 6.54 Å². The third kappa shape index (κ3) is 4.73. The molecule has 0 saturated carbocycles. The molecule has 4 nitrogen and oxygen atoms in total. The van der Waals surface area contributed by atoms with Crippen molar-refractivity contribution in [3.63, 3.8) is 0 Å². The summed E-state index contributed by atoms with van der Waals surface area (Å²) >= 11 is 1.36. The number of anilines is 1. The van der Waals surface area contributed by atoms with Gasteiger partial charge in [0, 0.05) is 13.6 Å². The molecule has 5 heteroatoms. The maximum absolute atomic E-state index is 11.6. The Balaban J connectivity index is 2.42. The van der Waals surface area contributed by atoms with Crippen molar-refractivity contribution in [2.75, 3.05) is 18.9 Å². The third-order valence-corrected chi connectivity index (χ3v) is 3.39. The lowest BCUT2D eigenvalue weighted by Gasteiger charge is -2.13. The predicted molar refractivity (Wildman–Crippen MR) is 72.7 cm³/mol. The van der Waals surface area contributed by atoms with Gasteiger partial charge in [0.2, 0.25) is 0 Å². The van der Waals surface area contributed by atoms with Crippen molar-refractivity contribution >= 4 is 22.6 Å². The number of rotatable bonds is 6. The van der Waals surface area contributed by atoms with Crippen LogP contribution in [0.3, 0.4) is 0 Å². The van der Waals surface area contributed by atoms with E-state index in [4.69, 9.17) is 0 Å². The van der Waals surface area contributed by atoms with Gasteiger partial charge < -0.3 is 4.90 Å². The van der Waals surface area contributed by atoms with Crippen LogP contribution in [-0.4, -0.2) is 28.9 Å². The van der Waals surface area contributed by atoms with Crippen LogP contribution < -0.4 is 5.32 Å². The molecule has 0 aromatic carbocycles. The van der Waals surface area contributed by atoms with Crippen LogP contribution in [-0.2, 0) is 6.42 Å². The second-order valence-electron chi connectivity index (χ2n) is 4.08. The zero-order chi connectivity index (χ0) is 12.7. The van der Waals surface area contributed by atoms with Crippen LogP contribution >= 0.6 is 11.5 Å². The third-order valence-electron chi connectivity index (χ3n) is 2.65. The summed E-state index contributed by atoms with van der Waals surface area (Å²) in [6.45, 7) is 4.84. The maximum atomic E-state index is 11.6. The number of unbranched alkanes of at least 4 members (excludes halogenated alkanes) is 2. The number of carbonyl (C=O) groups is 1. The van der Waals surface area contributed by atoms with E-state index < -0.39 is 0 Å². The molecule has 0 radical (unpaired) electrons. The Morgan fingerprint density at radius 2 is 2.24 bits per heavy atom. The summed E-state index contributed by atoms with van der Waals surface area (Å²) in [7, 11) is 1.78. The highest BCUT2D eigenvalue weighted by Crippen LogP contribution is 2.18. The van der Waals surface area contributed by atoms with Gasteiger partial charge in [0.25, 0.3) is 0 Å². The van der Waals surface area contributed by atoms with Gasteiger partial charge in [0.05, 0.1) is 5.69 Å². The first-order chi connectivity index (χ1) is 8.17. The van der Waals surface area contributed by atoms with Crippen LogP contribution in [0, 0.1) is 0 Å². The second-order valence-corrected chi connectivity index (χ2v) is 4.89. The smallest absolute Gasteiger partial charge is 0.322 e. The molecule has 2 amide bonds. The maximum Gasteiger partial charge on any atom is 0.322 e. The molecule has 1 N–H and O–H groups in total.